The van der Waals surface area contributed by atoms with Crippen molar-refractivity contribution in [3.05, 3.63) is 35.1 Å². The van der Waals surface area contributed by atoms with E-state index in [4.69, 9.17) is 0 Å². The highest BCUT2D eigenvalue weighted by Gasteiger charge is 2.35. The van der Waals surface area contributed by atoms with Crippen LogP contribution in [0, 0.1) is 5.82 Å². The van der Waals surface area contributed by atoms with Crippen molar-refractivity contribution in [2.75, 3.05) is 19.6 Å². The van der Waals surface area contributed by atoms with Gasteiger partial charge in [-0.25, -0.2) is 4.39 Å². The summed E-state index contributed by atoms with van der Waals surface area (Å²) < 4.78 is 51.1. The number of rotatable bonds is 3. The van der Waals surface area contributed by atoms with Crippen molar-refractivity contribution < 1.29 is 22.4 Å². The van der Waals surface area contributed by atoms with E-state index in [0.717, 1.165) is 6.07 Å². The van der Waals surface area contributed by atoms with Gasteiger partial charge in [-0.1, -0.05) is 0 Å². The number of amides is 1. The molecule has 0 spiro atoms. The van der Waals surface area contributed by atoms with Gasteiger partial charge in [0.2, 0.25) is 0 Å². The van der Waals surface area contributed by atoms with Gasteiger partial charge in [0, 0.05) is 25.2 Å². The van der Waals surface area contributed by atoms with Crippen LogP contribution in [0.4, 0.5) is 17.6 Å². The van der Waals surface area contributed by atoms with E-state index in [-0.39, 0.29) is 11.6 Å². The van der Waals surface area contributed by atoms with Crippen LogP contribution in [0.2, 0.25) is 0 Å². The van der Waals surface area contributed by atoms with Crippen molar-refractivity contribution in [3.63, 3.8) is 0 Å². The first kappa shape index (κ1) is 14.8. The molecule has 1 aliphatic rings. The second-order valence-electron chi connectivity index (χ2n) is 4.60. The quantitative estimate of drug-likeness (QED) is 0.866. The molecule has 1 heterocycles. The summed E-state index contributed by atoms with van der Waals surface area (Å²) >= 11 is 0. The van der Waals surface area contributed by atoms with Crippen LogP contribution in [-0.2, 0) is 6.18 Å². The van der Waals surface area contributed by atoms with E-state index in [1.54, 1.807) is 6.92 Å². The van der Waals surface area contributed by atoms with Crippen molar-refractivity contribution >= 4 is 5.91 Å². The summed E-state index contributed by atoms with van der Waals surface area (Å²) in [5, 5.41) is 2.99. The number of benzene rings is 1. The number of likely N-dealkylation sites (N-methyl/N-ethyl adjacent to an activating group) is 1. The zero-order valence-corrected chi connectivity index (χ0v) is 10.8. The Hall–Kier alpha value is -1.63. The number of halogens is 4. The minimum absolute atomic E-state index is 0.0214. The highest BCUT2D eigenvalue weighted by Crippen LogP contribution is 2.32. The number of nitrogens with zero attached hydrogens (tertiary/aromatic N) is 1. The average Bonchev–Trinajstić information content (AvgIpc) is 2.31. The molecule has 20 heavy (non-hydrogen) atoms. The molecule has 3 nitrogen and oxygen atoms in total. The summed E-state index contributed by atoms with van der Waals surface area (Å²) in [6, 6.07) is 2.32. The van der Waals surface area contributed by atoms with Crippen LogP contribution in [0.1, 0.15) is 22.8 Å². The first-order valence-corrected chi connectivity index (χ1v) is 6.23. The van der Waals surface area contributed by atoms with Gasteiger partial charge in [0.25, 0.3) is 5.91 Å². The minimum atomic E-state index is -4.81. The van der Waals surface area contributed by atoms with E-state index >= 15 is 0 Å². The minimum Gasteiger partial charge on any atom is -0.333 e. The summed E-state index contributed by atoms with van der Waals surface area (Å²) in [5.41, 5.74) is -1.56. The lowest BCUT2D eigenvalue weighted by Gasteiger charge is -2.37. The Bertz CT molecular complexity index is 512. The van der Waals surface area contributed by atoms with Gasteiger partial charge < -0.3 is 10.2 Å². The number of hydrogen-bond donors (Lipinski definition) is 1. The lowest BCUT2D eigenvalue weighted by Crippen LogP contribution is -2.58. The summed E-state index contributed by atoms with van der Waals surface area (Å²) in [5.74, 6) is -1.88. The lowest BCUT2D eigenvalue weighted by atomic mass is 10.1. The Labute approximate surface area is 113 Å². The highest BCUT2D eigenvalue weighted by atomic mass is 19.4. The summed E-state index contributed by atoms with van der Waals surface area (Å²) in [4.78, 5) is 13.7. The number of carbonyl (C=O) groups excluding carboxylic acids is 1. The smallest absolute Gasteiger partial charge is 0.333 e. The summed E-state index contributed by atoms with van der Waals surface area (Å²) in [7, 11) is 0. The van der Waals surface area contributed by atoms with Crippen molar-refractivity contribution in [2.45, 2.75) is 19.1 Å². The molecule has 1 fully saturated rings. The summed E-state index contributed by atoms with van der Waals surface area (Å²) in [6.07, 6.45) is -4.81. The van der Waals surface area contributed by atoms with Gasteiger partial charge in [-0.15, -0.1) is 0 Å². The Kier molecular flexibility index (Phi) is 3.99. The van der Waals surface area contributed by atoms with Crippen LogP contribution in [0.3, 0.4) is 0 Å². The molecule has 1 aromatic carbocycles. The molecule has 110 valence electrons. The lowest BCUT2D eigenvalue weighted by molar-refractivity contribution is -0.140. The largest absolute Gasteiger partial charge is 0.419 e. The third-order valence-corrected chi connectivity index (χ3v) is 3.32. The number of nitrogens with one attached hydrogen (secondary N) is 1. The van der Waals surface area contributed by atoms with Crippen LogP contribution < -0.4 is 5.32 Å². The Morgan fingerprint density at radius 3 is 2.50 bits per heavy atom. The van der Waals surface area contributed by atoms with Gasteiger partial charge in [0.05, 0.1) is 11.6 Å². The molecular formula is C13H14F4N2O. The van der Waals surface area contributed by atoms with Crippen LogP contribution in [0.25, 0.3) is 0 Å². The van der Waals surface area contributed by atoms with E-state index in [1.807, 2.05) is 0 Å². The first-order chi connectivity index (χ1) is 9.34. The van der Waals surface area contributed by atoms with E-state index in [1.165, 1.54) is 4.90 Å². The molecular weight excluding hydrogens is 276 g/mol. The fraction of sp³-hybridized carbons (Fsp3) is 0.462. The van der Waals surface area contributed by atoms with Crippen LogP contribution in [0.15, 0.2) is 18.2 Å². The average molecular weight is 290 g/mol. The fourth-order valence-electron chi connectivity index (χ4n) is 2.10. The SMILES string of the molecule is CCN(C(=O)c1ccc(F)c(C(F)(F)F)c1)C1CNC1. The molecule has 0 saturated carbocycles. The Morgan fingerprint density at radius 1 is 1.40 bits per heavy atom. The van der Waals surface area contributed by atoms with Crippen LogP contribution in [0.5, 0.6) is 0 Å². The van der Waals surface area contributed by atoms with Crippen LogP contribution >= 0.6 is 0 Å². The molecule has 1 N–H and O–H groups in total. The highest BCUT2D eigenvalue weighted by molar-refractivity contribution is 5.94. The number of hydrogen-bond acceptors (Lipinski definition) is 2. The van der Waals surface area contributed by atoms with Gasteiger partial charge in [-0.05, 0) is 25.1 Å². The molecule has 0 unspecified atom stereocenters. The first-order valence-electron chi connectivity index (χ1n) is 6.23. The third-order valence-electron chi connectivity index (χ3n) is 3.32. The standard InChI is InChI=1S/C13H14F4N2O/c1-2-19(9-6-18-7-9)12(20)8-3-4-11(14)10(5-8)13(15,16)17/h3-5,9,18H,2,6-7H2,1H3. The van der Waals surface area contributed by atoms with E-state index in [0.29, 0.717) is 31.8 Å². The second-order valence-corrected chi connectivity index (χ2v) is 4.60. The Morgan fingerprint density at radius 2 is 2.05 bits per heavy atom. The maximum atomic E-state index is 13.2. The summed E-state index contributed by atoms with van der Waals surface area (Å²) in [6.45, 7) is 3.38. The number of alkyl halides is 3. The third kappa shape index (κ3) is 2.77. The predicted molar refractivity (Wildman–Crippen MR) is 64.8 cm³/mol. The molecule has 1 saturated heterocycles. The van der Waals surface area contributed by atoms with Gasteiger partial charge in [-0.3, -0.25) is 4.79 Å². The van der Waals surface area contributed by atoms with Gasteiger partial charge in [0.15, 0.2) is 0 Å². The van der Waals surface area contributed by atoms with Crippen molar-refractivity contribution in [1.82, 2.24) is 10.2 Å². The normalized spacial score (nSPS) is 15.8. The number of carbonyl (C=O) groups is 1. The van der Waals surface area contributed by atoms with Crippen LogP contribution in [-0.4, -0.2) is 36.5 Å². The van der Waals surface area contributed by atoms with Crippen molar-refractivity contribution in [3.8, 4) is 0 Å². The van der Waals surface area contributed by atoms with E-state index in [2.05, 4.69) is 5.32 Å². The van der Waals surface area contributed by atoms with Crippen molar-refractivity contribution in [1.29, 1.82) is 0 Å². The molecule has 1 amide bonds. The molecule has 0 aromatic heterocycles. The predicted octanol–water partition coefficient (Wildman–Crippen LogP) is 2.28. The van der Waals surface area contributed by atoms with Gasteiger partial charge in [-0.2, -0.15) is 13.2 Å². The van der Waals surface area contributed by atoms with E-state index in [9.17, 15) is 22.4 Å². The molecule has 0 atom stereocenters. The maximum Gasteiger partial charge on any atom is 0.419 e. The maximum absolute atomic E-state index is 13.2. The topological polar surface area (TPSA) is 32.3 Å². The molecule has 0 aliphatic carbocycles. The monoisotopic (exact) mass is 290 g/mol. The molecule has 1 aromatic rings. The second kappa shape index (κ2) is 5.40. The van der Waals surface area contributed by atoms with Crippen molar-refractivity contribution in [2.24, 2.45) is 0 Å². The molecule has 7 heteroatoms. The zero-order chi connectivity index (χ0) is 14.9. The van der Waals surface area contributed by atoms with Gasteiger partial charge in [0.1, 0.15) is 5.82 Å². The zero-order valence-electron chi connectivity index (χ0n) is 10.8. The Balaban J connectivity index is 2.30. The molecule has 2 rings (SSSR count). The molecule has 0 bridgehead atoms. The fourth-order valence-corrected chi connectivity index (χ4v) is 2.10. The van der Waals surface area contributed by atoms with Gasteiger partial charge >= 0.3 is 6.18 Å². The molecule has 0 radical (unpaired) electrons. The molecule has 1 aliphatic heterocycles. The van der Waals surface area contributed by atoms with E-state index < -0.39 is 23.5 Å².